The summed E-state index contributed by atoms with van der Waals surface area (Å²) in [6.07, 6.45) is 0. The highest BCUT2D eigenvalue weighted by Crippen LogP contribution is 2.29. The van der Waals surface area contributed by atoms with Gasteiger partial charge in [-0.05, 0) is 31.2 Å². The third kappa shape index (κ3) is 2.74. The van der Waals surface area contributed by atoms with E-state index in [4.69, 9.17) is 4.74 Å². The Kier molecular flexibility index (Phi) is 3.81. The second kappa shape index (κ2) is 5.83. The molecule has 2 aromatic carbocycles. The lowest BCUT2D eigenvalue weighted by atomic mass is 9.95. The van der Waals surface area contributed by atoms with Gasteiger partial charge in [0, 0.05) is 22.3 Å². The van der Waals surface area contributed by atoms with E-state index in [2.05, 4.69) is 6.58 Å². The SMILES string of the molecule is C=C1OC(=O)c2ccc(C(=O)c3ccc(C(C)=O)c(C(=O)O)c3)cc21. The van der Waals surface area contributed by atoms with Crippen LogP contribution in [0.4, 0.5) is 0 Å². The van der Waals surface area contributed by atoms with E-state index in [1.165, 1.54) is 43.3 Å². The molecule has 0 aliphatic carbocycles. The Bertz CT molecular complexity index is 983. The molecule has 0 radical (unpaired) electrons. The fourth-order valence-corrected chi connectivity index (χ4v) is 2.65. The number of carboxylic acids is 1. The van der Waals surface area contributed by atoms with Crippen molar-refractivity contribution in [3.8, 4) is 0 Å². The first kappa shape index (κ1) is 16.3. The van der Waals surface area contributed by atoms with Crippen LogP contribution >= 0.6 is 0 Å². The Morgan fingerprint density at radius 1 is 0.960 bits per heavy atom. The lowest BCUT2D eigenvalue weighted by molar-refractivity contribution is 0.0689. The molecular formula is C19H12O6. The van der Waals surface area contributed by atoms with Gasteiger partial charge in [0.25, 0.3) is 0 Å². The number of Topliss-reactive ketones (excluding diaryl/α,β-unsaturated/α-hetero) is 1. The van der Waals surface area contributed by atoms with Crippen LogP contribution in [0.5, 0.6) is 0 Å². The van der Waals surface area contributed by atoms with Crippen LogP contribution in [0.15, 0.2) is 43.0 Å². The molecule has 0 bridgehead atoms. The summed E-state index contributed by atoms with van der Waals surface area (Å²) in [6, 6.07) is 8.29. The van der Waals surface area contributed by atoms with Gasteiger partial charge in [-0.3, -0.25) is 9.59 Å². The zero-order chi connectivity index (χ0) is 18.3. The molecule has 1 aliphatic rings. The highest BCUT2D eigenvalue weighted by atomic mass is 16.5. The number of ether oxygens (including phenoxy) is 1. The van der Waals surface area contributed by atoms with Crippen molar-refractivity contribution in [3.05, 3.63) is 76.4 Å². The first-order valence-electron chi connectivity index (χ1n) is 7.28. The average Bonchev–Trinajstić information content (AvgIpc) is 2.87. The summed E-state index contributed by atoms with van der Waals surface area (Å²) in [7, 11) is 0. The van der Waals surface area contributed by atoms with E-state index >= 15 is 0 Å². The van der Waals surface area contributed by atoms with Gasteiger partial charge >= 0.3 is 11.9 Å². The second-order valence-corrected chi connectivity index (χ2v) is 5.52. The number of ketones is 2. The minimum atomic E-state index is -1.29. The average molecular weight is 336 g/mol. The predicted molar refractivity (Wildman–Crippen MR) is 87.7 cm³/mol. The van der Waals surface area contributed by atoms with E-state index in [9.17, 15) is 24.3 Å². The molecule has 3 rings (SSSR count). The first-order chi connectivity index (χ1) is 11.8. The molecule has 0 saturated heterocycles. The minimum Gasteiger partial charge on any atom is -0.478 e. The highest BCUT2D eigenvalue weighted by molar-refractivity contribution is 6.13. The van der Waals surface area contributed by atoms with Crippen LogP contribution in [-0.4, -0.2) is 28.6 Å². The standard InChI is InChI=1S/C19H12O6/c1-9(20)13-5-3-12(8-16(13)18(22)23)17(21)11-4-6-14-15(7-11)10(2)25-19(14)24/h3-8H,2H2,1H3,(H,22,23). The summed E-state index contributed by atoms with van der Waals surface area (Å²) in [5, 5.41) is 9.25. The zero-order valence-corrected chi connectivity index (χ0v) is 13.2. The molecule has 0 saturated carbocycles. The van der Waals surface area contributed by atoms with Gasteiger partial charge in [-0.25, -0.2) is 9.59 Å². The van der Waals surface area contributed by atoms with E-state index in [0.717, 1.165) is 0 Å². The van der Waals surface area contributed by atoms with E-state index in [-0.39, 0.29) is 28.0 Å². The first-order valence-corrected chi connectivity index (χ1v) is 7.28. The number of carboxylic acid groups (broad SMARTS) is 1. The van der Waals surface area contributed by atoms with Gasteiger partial charge in [-0.15, -0.1) is 0 Å². The summed E-state index contributed by atoms with van der Waals surface area (Å²) < 4.78 is 4.90. The predicted octanol–water partition coefficient (Wildman–Crippen LogP) is 2.96. The number of aromatic carboxylic acids is 1. The maximum atomic E-state index is 12.7. The van der Waals surface area contributed by atoms with Crippen molar-refractivity contribution < 1.29 is 29.0 Å². The van der Waals surface area contributed by atoms with Crippen LogP contribution in [0.1, 0.15) is 59.5 Å². The third-order valence-electron chi connectivity index (χ3n) is 3.91. The Hall–Kier alpha value is -3.54. The fraction of sp³-hybridized carbons (Fsp3) is 0.0526. The molecule has 1 heterocycles. The molecule has 0 aromatic heterocycles. The minimum absolute atomic E-state index is 0.0328. The molecule has 0 amide bonds. The van der Waals surface area contributed by atoms with E-state index < -0.39 is 23.5 Å². The molecule has 1 N–H and O–H groups in total. The van der Waals surface area contributed by atoms with Gasteiger partial charge in [0.1, 0.15) is 5.76 Å². The van der Waals surface area contributed by atoms with Crippen molar-refractivity contribution in [2.45, 2.75) is 6.92 Å². The summed E-state index contributed by atoms with van der Waals surface area (Å²) in [5.41, 5.74) is 0.922. The molecule has 0 unspecified atom stereocenters. The van der Waals surface area contributed by atoms with Crippen molar-refractivity contribution in [1.82, 2.24) is 0 Å². The third-order valence-corrected chi connectivity index (χ3v) is 3.91. The van der Waals surface area contributed by atoms with Gasteiger partial charge in [0.2, 0.25) is 0 Å². The van der Waals surface area contributed by atoms with Crippen molar-refractivity contribution in [2.75, 3.05) is 0 Å². The number of carbonyl (C=O) groups excluding carboxylic acids is 3. The molecular weight excluding hydrogens is 324 g/mol. The molecule has 1 aliphatic heterocycles. The Labute approximate surface area is 142 Å². The van der Waals surface area contributed by atoms with Gasteiger partial charge in [0.15, 0.2) is 11.6 Å². The highest BCUT2D eigenvalue weighted by Gasteiger charge is 2.26. The van der Waals surface area contributed by atoms with Crippen molar-refractivity contribution >= 4 is 29.3 Å². The number of carbonyl (C=O) groups is 4. The Balaban J connectivity index is 2.05. The van der Waals surface area contributed by atoms with Gasteiger partial charge in [-0.1, -0.05) is 18.7 Å². The second-order valence-electron chi connectivity index (χ2n) is 5.52. The summed E-state index contributed by atoms with van der Waals surface area (Å²) >= 11 is 0. The lowest BCUT2D eigenvalue weighted by Gasteiger charge is -2.07. The maximum absolute atomic E-state index is 12.7. The van der Waals surface area contributed by atoms with Crippen molar-refractivity contribution in [3.63, 3.8) is 0 Å². The molecule has 0 spiro atoms. The topological polar surface area (TPSA) is 97.7 Å². The monoisotopic (exact) mass is 336 g/mol. The maximum Gasteiger partial charge on any atom is 0.344 e. The van der Waals surface area contributed by atoms with Gasteiger partial charge < -0.3 is 9.84 Å². The molecule has 6 nitrogen and oxygen atoms in total. The normalized spacial score (nSPS) is 12.5. The van der Waals surface area contributed by atoms with Crippen LogP contribution in [0.3, 0.4) is 0 Å². The van der Waals surface area contributed by atoms with Gasteiger partial charge in [0.05, 0.1) is 11.1 Å². The van der Waals surface area contributed by atoms with Crippen molar-refractivity contribution in [2.24, 2.45) is 0 Å². The Morgan fingerprint density at radius 2 is 1.60 bits per heavy atom. The van der Waals surface area contributed by atoms with Crippen molar-refractivity contribution in [1.29, 1.82) is 0 Å². The number of benzene rings is 2. The summed E-state index contributed by atoms with van der Waals surface area (Å²) in [4.78, 5) is 47.1. The number of hydrogen-bond donors (Lipinski definition) is 1. The smallest absolute Gasteiger partial charge is 0.344 e. The molecule has 25 heavy (non-hydrogen) atoms. The van der Waals surface area contributed by atoms with Gasteiger partial charge in [-0.2, -0.15) is 0 Å². The molecule has 0 atom stereocenters. The lowest BCUT2D eigenvalue weighted by Crippen LogP contribution is -2.10. The summed E-state index contributed by atoms with van der Waals surface area (Å²) in [5.74, 6) is -2.50. The summed E-state index contributed by atoms with van der Waals surface area (Å²) in [6.45, 7) is 4.87. The number of rotatable bonds is 4. The van der Waals surface area contributed by atoms with Crippen LogP contribution in [0.2, 0.25) is 0 Å². The molecule has 124 valence electrons. The van der Waals surface area contributed by atoms with Crippen LogP contribution < -0.4 is 0 Å². The van der Waals surface area contributed by atoms with Crippen LogP contribution in [-0.2, 0) is 4.74 Å². The Morgan fingerprint density at radius 3 is 2.24 bits per heavy atom. The van der Waals surface area contributed by atoms with Crippen LogP contribution in [0, 0.1) is 0 Å². The van der Waals surface area contributed by atoms with Crippen LogP contribution in [0.25, 0.3) is 5.76 Å². The number of cyclic esters (lactones) is 1. The number of esters is 1. The van der Waals surface area contributed by atoms with E-state index in [0.29, 0.717) is 11.1 Å². The fourth-order valence-electron chi connectivity index (χ4n) is 2.65. The van der Waals surface area contributed by atoms with E-state index in [1.54, 1.807) is 0 Å². The number of hydrogen-bond acceptors (Lipinski definition) is 5. The molecule has 2 aromatic rings. The largest absolute Gasteiger partial charge is 0.478 e. The number of fused-ring (bicyclic) bond motifs is 1. The zero-order valence-electron chi connectivity index (χ0n) is 13.2. The molecule has 0 fully saturated rings. The molecule has 6 heteroatoms. The quantitative estimate of drug-likeness (QED) is 0.681. The van der Waals surface area contributed by atoms with E-state index in [1.807, 2.05) is 0 Å².